The third kappa shape index (κ3) is 4.14. The molecule has 3 nitrogen and oxygen atoms in total. The van der Waals surface area contributed by atoms with E-state index in [9.17, 15) is 9.90 Å². The molecular weight excluding hydrogens is 294 g/mol. The Bertz CT molecular complexity index is 475. The average molecular weight is 314 g/mol. The molecule has 1 amide bonds. The quantitative estimate of drug-likeness (QED) is 0.878. The van der Waals surface area contributed by atoms with Crippen LogP contribution in [0.4, 0.5) is 0 Å². The summed E-state index contributed by atoms with van der Waals surface area (Å²) in [5, 5.41) is 10.8. The number of thioether (sulfide) groups is 1. The number of amides is 1. The molecule has 1 heterocycles. The van der Waals surface area contributed by atoms with Crippen molar-refractivity contribution in [1.29, 1.82) is 0 Å². The van der Waals surface area contributed by atoms with Gasteiger partial charge in [-0.1, -0.05) is 37.1 Å². The second-order valence-corrected chi connectivity index (χ2v) is 6.77. The first-order valence-corrected chi connectivity index (χ1v) is 8.38. The molecule has 1 aromatic rings. The van der Waals surface area contributed by atoms with Crippen LogP contribution in [0.15, 0.2) is 24.3 Å². The van der Waals surface area contributed by atoms with Gasteiger partial charge in [-0.05, 0) is 24.1 Å². The molecule has 0 radical (unpaired) electrons. The second kappa shape index (κ2) is 6.83. The Morgan fingerprint density at radius 1 is 1.50 bits per heavy atom. The molecule has 1 fully saturated rings. The van der Waals surface area contributed by atoms with E-state index in [0.29, 0.717) is 18.8 Å². The standard InChI is InChI=1S/C15H20ClNO2S/c1-2-6-15(19)10-17(11-15)14(18)9-20-8-12-4-3-5-13(16)7-12/h3-5,7,19H,2,6,8-11H2,1H3. The lowest BCUT2D eigenvalue weighted by atomic mass is 9.89. The lowest BCUT2D eigenvalue weighted by Crippen LogP contribution is -2.63. The van der Waals surface area contributed by atoms with Gasteiger partial charge in [0.05, 0.1) is 24.4 Å². The molecule has 0 bridgehead atoms. The number of carbonyl (C=O) groups is 1. The minimum Gasteiger partial charge on any atom is -0.386 e. The van der Waals surface area contributed by atoms with E-state index in [4.69, 9.17) is 11.6 Å². The number of hydrogen-bond acceptors (Lipinski definition) is 3. The predicted octanol–water partition coefficient (Wildman–Crippen LogP) is 2.95. The van der Waals surface area contributed by atoms with Crippen LogP contribution in [0.5, 0.6) is 0 Å². The minimum atomic E-state index is -0.637. The summed E-state index contributed by atoms with van der Waals surface area (Å²) in [5.74, 6) is 1.34. The molecule has 0 unspecified atom stereocenters. The summed E-state index contributed by atoms with van der Waals surface area (Å²) in [5.41, 5.74) is 0.489. The number of carbonyl (C=O) groups excluding carboxylic acids is 1. The van der Waals surface area contributed by atoms with Crippen LogP contribution in [-0.4, -0.2) is 40.4 Å². The van der Waals surface area contributed by atoms with E-state index in [1.165, 1.54) is 0 Å². The number of likely N-dealkylation sites (tertiary alicyclic amines) is 1. The summed E-state index contributed by atoms with van der Waals surface area (Å²) in [6.07, 6.45) is 1.72. The summed E-state index contributed by atoms with van der Waals surface area (Å²) >= 11 is 7.50. The van der Waals surface area contributed by atoms with Gasteiger partial charge in [-0.3, -0.25) is 4.79 Å². The van der Waals surface area contributed by atoms with E-state index in [1.807, 2.05) is 31.2 Å². The van der Waals surface area contributed by atoms with Gasteiger partial charge in [0, 0.05) is 10.8 Å². The highest BCUT2D eigenvalue weighted by molar-refractivity contribution is 7.99. The first-order valence-electron chi connectivity index (χ1n) is 6.85. The third-order valence-electron chi connectivity index (χ3n) is 3.42. The van der Waals surface area contributed by atoms with Crippen LogP contribution in [0.25, 0.3) is 0 Å². The third-order valence-corrected chi connectivity index (χ3v) is 4.65. The first kappa shape index (κ1) is 15.7. The molecule has 0 spiro atoms. The molecule has 0 atom stereocenters. The fourth-order valence-electron chi connectivity index (χ4n) is 2.44. The van der Waals surface area contributed by atoms with Gasteiger partial charge < -0.3 is 10.0 Å². The summed E-state index contributed by atoms with van der Waals surface area (Å²) in [7, 11) is 0. The van der Waals surface area contributed by atoms with E-state index >= 15 is 0 Å². The Morgan fingerprint density at radius 3 is 2.90 bits per heavy atom. The largest absolute Gasteiger partial charge is 0.386 e. The number of β-amino-alcohol motifs (C(OH)–C–C–N with tert-alkyl or cyclic N) is 1. The van der Waals surface area contributed by atoms with Crippen molar-refractivity contribution in [3.05, 3.63) is 34.9 Å². The Morgan fingerprint density at radius 2 is 2.25 bits per heavy atom. The maximum atomic E-state index is 11.9. The molecule has 0 aromatic heterocycles. The zero-order valence-corrected chi connectivity index (χ0v) is 13.2. The molecule has 2 rings (SSSR count). The highest BCUT2D eigenvalue weighted by atomic mass is 35.5. The molecule has 0 saturated carbocycles. The zero-order valence-electron chi connectivity index (χ0n) is 11.6. The van der Waals surface area contributed by atoms with Crippen LogP contribution in [0.2, 0.25) is 5.02 Å². The Hall–Kier alpha value is -0.710. The Kier molecular flexibility index (Phi) is 5.35. The molecule has 1 aromatic carbocycles. The van der Waals surface area contributed by atoms with Gasteiger partial charge in [0.1, 0.15) is 0 Å². The SMILES string of the molecule is CCCC1(O)CN(C(=O)CSCc2cccc(Cl)c2)C1. The normalized spacial score (nSPS) is 16.9. The van der Waals surface area contributed by atoms with E-state index in [2.05, 4.69) is 0 Å². The topological polar surface area (TPSA) is 40.5 Å². The highest BCUT2D eigenvalue weighted by Crippen LogP contribution is 2.26. The van der Waals surface area contributed by atoms with Gasteiger partial charge in [-0.2, -0.15) is 0 Å². The monoisotopic (exact) mass is 313 g/mol. The minimum absolute atomic E-state index is 0.109. The molecule has 5 heteroatoms. The van der Waals surface area contributed by atoms with Gasteiger partial charge >= 0.3 is 0 Å². The van der Waals surface area contributed by atoms with Crippen molar-refractivity contribution in [3.8, 4) is 0 Å². The van der Waals surface area contributed by atoms with Crippen LogP contribution in [0.1, 0.15) is 25.3 Å². The maximum Gasteiger partial charge on any atom is 0.232 e. The van der Waals surface area contributed by atoms with Crippen LogP contribution in [0, 0.1) is 0 Å². The summed E-state index contributed by atoms with van der Waals surface area (Å²) in [4.78, 5) is 13.7. The Balaban J connectivity index is 1.69. The average Bonchev–Trinajstić information content (AvgIpc) is 2.36. The van der Waals surface area contributed by atoms with Crippen LogP contribution in [-0.2, 0) is 10.5 Å². The summed E-state index contributed by atoms with van der Waals surface area (Å²) in [6.45, 7) is 3.01. The van der Waals surface area contributed by atoms with E-state index in [-0.39, 0.29) is 5.91 Å². The van der Waals surface area contributed by atoms with Gasteiger partial charge in [0.25, 0.3) is 0 Å². The van der Waals surface area contributed by atoms with Crippen molar-refractivity contribution >= 4 is 29.3 Å². The first-order chi connectivity index (χ1) is 9.52. The molecule has 0 aliphatic carbocycles. The maximum absolute atomic E-state index is 11.9. The second-order valence-electron chi connectivity index (χ2n) is 5.35. The van der Waals surface area contributed by atoms with Gasteiger partial charge in [-0.25, -0.2) is 0 Å². The highest BCUT2D eigenvalue weighted by Gasteiger charge is 2.42. The van der Waals surface area contributed by atoms with Gasteiger partial charge in [0.2, 0.25) is 5.91 Å². The van der Waals surface area contributed by atoms with Crippen molar-refractivity contribution in [2.45, 2.75) is 31.1 Å². The Labute approximate surface area is 129 Å². The molecule has 1 aliphatic heterocycles. The summed E-state index contributed by atoms with van der Waals surface area (Å²) in [6, 6.07) is 7.69. The molecular formula is C15H20ClNO2S. The van der Waals surface area contributed by atoms with Crippen LogP contribution >= 0.6 is 23.4 Å². The lowest BCUT2D eigenvalue weighted by molar-refractivity contribution is -0.153. The number of rotatable bonds is 6. The van der Waals surface area contributed by atoms with Crippen molar-refractivity contribution in [2.75, 3.05) is 18.8 Å². The van der Waals surface area contributed by atoms with E-state index < -0.39 is 5.60 Å². The van der Waals surface area contributed by atoms with Crippen molar-refractivity contribution in [2.24, 2.45) is 0 Å². The molecule has 20 heavy (non-hydrogen) atoms. The van der Waals surface area contributed by atoms with Crippen LogP contribution < -0.4 is 0 Å². The van der Waals surface area contributed by atoms with E-state index in [1.54, 1.807) is 16.7 Å². The fourth-order valence-corrected chi connectivity index (χ4v) is 3.53. The zero-order chi connectivity index (χ0) is 14.6. The van der Waals surface area contributed by atoms with Gasteiger partial charge in [-0.15, -0.1) is 11.8 Å². The van der Waals surface area contributed by atoms with Crippen molar-refractivity contribution in [3.63, 3.8) is 0 Å². The smallest absolute Gasteiger partial charge is 0.232 e. The molecule has 1 aliphatic rings. The van der Waals surface area contributed by atoms with E-state index in [0.717, 1.165) is 29.2 Å². The lowest BCUT2D eigenvalue weighted by Gasteiger charge is -2.46. The molecule has 1 N–H and O–H groups in total. The number of halogens is 1. The number of nitrogens with zero attached hydrogens (tertiary/aromatic N) is 1. The predicted molar refractivity (Wildman–Crippen MR) is 84.1 cm³/mol. The van der Waals surface area contributed by atoms with Crippen LogP contribution in [0.3, 0.4) is 0 Å². The number of aliphatic hydroxyl groups is 1. The van der Waals surface area contributed by atoms with Gasteiger partial charge in [0.15, 0.2) is 0 Å². The summed E-state index contributed by atoms with van der Waals surface area (Å²) < 4.78 is 0. The molecule has 110 valence electrons. The fraction of sp³-hybridized carbons (Fsp3) is 0.533. The molecule has 1 saturated heterocycles. The number of hydrogen-bond donors (Lipinski definition) is 1. The van der Waals surface area contributed by atoms with Crippen molar-refractivity contribution < 1.29 is 9.90 Å². The van der Waals surface area contributed by atoms with Crippen molar-refractivity contribution in [1.82, 2.24) is 4.90 Å². The number of benzene rings is 1.